The molecular weight excluding hydrogens is 389 g/mol. The summed E-state index contributed by atoms with van der Waals surface area (Å²) in [5.74, 6) is -0.643. The van der Waals surface area contributed by atoms with E-state index < -0.39 is 32.7 Å². The van der Waals surface area contributed by atoms with Crippen molar-refractivity contribution in [1.82, 2.24) is 14.9 Å². The van der Waals surface area contributed by atoms with Crippen LogP contribution in [-0.2, 0) is 14.8 Å². The number of thioether (sulfide) groups is 1. The van der Waals surface area contributed by atoms with Gasteiger partial charge in [-0.1, -0.05) is 26.0 Å². The number of hydrogen-bond donors (Lipinski definition) is 2. The van der Waals surface area contributed by atoms with E-state index in [1.165, 1.54) is 30.0 Å². The number of carbonyl (C=O) groups is 1. The maximum absolute atomic E-state index is 13.9. The molecule has 6 nitrogen and oxygen atoms in total. The van der Waals surface area contributed by atoms with Crippen molar-refractivity contribution < 1.29 is 17.6 Å². The lowest BCUT2D eigenvalue weighted by atomic mass is 10.2. The van der Waals surface area contributed by atoms with E-state index in [-0.39, 0.29) is 6.04 Å². The van der Waals surface area contributed by atoms with Crippen LogP contribution in [-0.4, -0.2) is 63.0 Å². The lowest BCUT2D eigenvalue weighted by Gasteiger charge is -2.27. The monoisotopic (exact) mass is 419 g/mol. The van der Waals surface area contributed by atoms with E-state index in [4.69, 9.17) is 0 Å². The van der Waals surface area contributed by atoms with Gasteiger partial charge in [0.25, 0.3) is 0 Å². The number of carbonyl (C=O) groups excluding carboxylic acids is 1. The molecule has 1 amide bonds. The third-order valence-corrected chi connectivity index (χ3v) is 6.51. The molecule has 1 aromatic rings. The molecule has 27 heavy (non-hydrogen) atoms. The summed E-state index contributed by atoms with van der Waals surface area (Å²) in [7, 11) is -4.14. The highest BCUT2D eigenvalue weighted by molar-refractivity contribution is 7.98. The molecule has 0 radical (unpaired) electrons. The molecule has 9 heteroatoms. The van der Waals surface area contributed by atoms with Crippen molar-refractivity contribution in [3.8, 4) is 0 Å². The molecule has 2 N–H and O–H groups in total. The van der Waals surface area contributed by atoms with Crippen LogP contribution in [0.15, 0.2) is 29.2 Å². The van der Waals surface area contributed by atoms with Gasteiger partial charge in [0.1, 0.15) is 16.8 Å². The van der Waals surface area contributed by atoms with Crippen LogP contribution < -0.4 is 10.0 Å². The minimum Gasteiger partial charge on any atom is -0.353 e. The maximum Gasteiger partial charge on any atom is 0.244 e. The predicted octanol–water partition coefficient (Wildman–Crippen LogP) is 2.07. The summed E-state index contributed by atoms with van der Waals surface area (Å²) in [6.45, 7) is 8.25. The van der Waals surface area contributed by atoms with Crippen molar-refractivity contribution in [2.45, 2.75) is 44.2 Å². The Balaban J connectivity index is 2.85. The number of amides is 1. The molecule has 0 heterocycles. The average molecular weight is 420 g/mol. The van der Waals surface area contributed by atoms with Crippen LogP contribution in [0.1, 0.15) is 27.2 Å². The molecule has 1 aromatic carbocycles. The summed E-state index contributed by atoms with van der Waals surface area (Å²) >= 11 is 1.51. The van der Waals surface area contributed by atoms with E-state index in [2.05, 4.69) is 14.9 Å². The third-order valence-electron chi connectivity index (χ3n) is 4.36. The van der Waals surface area contributed by atoms with Gasteiger partial charge in [-0.15, -0.1) is 0 Å². The normalized spacial score (nSPS) is 14.1. The first-order valence-electron chi connectivity index (χ1n) is 9.04. The van der Waals surface area contributed by atoms with Gasteiger partial charge < -0.3 is 5.32 Å². The Labute approximate surface area is 166 Å². The zero-order valence-electron chi connectivity index (χ0n) is 16.4. The number of nitrogens with zero attached hydrogens (tertiary/aromatic N) is 1. The number of sulfonamides is 1. The Hall–Kier alpha value is -1.16. The molecule has 154 valence electrons. The van der Waals surface area contributed by atoms with Crippen LogP contribution in [0.5, 0.6) is 0 Å². The summed E-state index contributed by atoms with van der Waals surface area (Å²) in [4.78, 5) is 14.3. The van der Waals surface area contributed by atoms with Gasteiger partial charge in [0.15, 0.2) is 0 Å². The number of rotatable bonds is 12. The van der Waals surface area contributed by atoms with Crippen molar-refractivity contribution in [3.05, 3.63) is 30.1 Å². The molecule has 0 aliphatic carbocycles. The number of halogens is 1. The molecule has 0 aliphatic rings. The summed E-state index contributed by atoms with van der Waals surface area (Å²) in [5.41, 5.74) is 0. The number of hydrogen-bond acceptors (Lipinski definition) is 5. The summed E-state index contributed by atoms with van der Waals surface area (Å²) in [6.07, 6.45) is 2.20. The van der Waals surface area contributed by atoms with E-state index in [1.807, 2.05) is 27.0 Å². The fourth-order valence-electron chi connectivity index (χ4n) is 2.74. The summed E-state index contributed by atoms with van der Waals surface area (Å²) in [6, 6.07) is 4.31. The fraction of sp³-hybridized carbons (Fsp3) is 0.611. The van der Waals surface area contributed by atoms with Gasteiger partial charge in [-0.25, -0.2) is 12.8 Å². The molecule has 0 saturated carbocycles. The van der Waals surface area contributed by atoms with Gasteiger partial charge in [0.2, 0.25) is 15.9 Å². The van der Waals surface area contributed by atoms with Gasteiger partial charge in [-0.3, -0.25) is 9.69 Å². The molecule has 0 bridgehead atoms. The third kappa shape index (κ3) is 7.40. The maximum atomic E-state index is 13.9. The largest absolute Gasteiger partial charge is 0.353 e. The first kappa shape index (κ1) is 23.9. The number of likely N-dealkylation sites (N-methyl/N-ethyl adjacent to an activating group) is 1. The van der Waals surface area contributed by atoms with Gasteiger partial charge in [0, 0.05) is 12.6 Å². The van der Waals surface area contributed by atoms with Crippen LogP contribution in [0.3, 0.4) is 0 Å². The highest BCUT2D eigenvalue weighted by atomic mass is 32.2. The molecule has 2 atom stereocenters. The zero-order chi connectivity index (χ0) is 20.4. The predicted molar refractivity (Wildman–Crippen MR) is 109 cm³/mol. The van der Waals surface area contributed by atoms with Crippen LogP contribution in [0.2, 0.25) is 0 Å². The molecule has 0 aromatic heterocycles. The zero-order valence-corrected chi connectivity index (χ0v) is 18.0. The van der Waals surface area contributed by atoms with E-state index in [0.717, 1.165) is 19.2 Å². The smallest absolute Gasteiger partial charge is 0.244 e. The Morgan fingerprint density at radius 1 is 1.26 bits per heavy atom. The van der Waals surface area contributed by atoms with Crippen molar-refractivity contribution in [3.63, 3.8) is 0 Å². The van der Waals surface area contributed by atoms with E-state index >= 15 is 0 Å². The number of benzene rings is 1. The van der Waals surface area contributed by atoms with E-state index in [1.54, 1.807) is 0 Å². The Kier molecular flexibility index (Phi) is 10.3. The van der Waals surface area contributed by atoms with Crippen molar-refractivity contribution in [1.29, 1.82) is 0 Å². The minimum atomic E-state index is -4.14. The molecule has 1 rings (SSSR count). The van der Waals surface area contributed by atoms with Crippen LogP contribution in [0.4, 0.5) is 4.39 Å². The minimum absolute atomic E-state index is 0.133. The van der Waals surface area contributed by atoms with Gasteiger partial charge in [0.05, 0.1) is 0 Å². The van der Waals surface area contributed by atoms with Gasteiger partial charge in [-0.2, -0.15) is 16.5 Å². The first-order chi connectivity index (χ1) is 12.8. The summed E-state index contributed by atoms with van der Waals surface area (Å²) < 4.78 is 41.3. The van der Waals surface area contributed by atoms with Crippen molar-refractivity contribution in [2.75, 3.05) is 31.6 Å². The van der Waals surface area contributed by atoms with Gasteiger partial charge in [-0.05, 0) is 50.6 Å². The highest BCUT2D eigenvalue weighted by Crippen LogP contribution is 2.15. The average Bonchev–Trinajstić information content (AvgIpc) is 2.64. The Bertz CT molecular complexity index is 697. The Morgan fingerprint density at radius 2 is 1.89 bits per heavy atom. The van der Waals surface area contributed by atoms with Gasteiger partial charge >= 0.3 is 0 Å². The molecule has 0 aliphatic heterocycles. The van der Waals surface area contributed by atoms with Crippen molar-refractivity contribution >= 4 is 27.7 Å². The van der Waals surface area contributed by atoms with Crippen LogP contribution in [0.25, 0.3) is 0 Å². The highest BCUT2D eigenvalue weighted by Gasteiger charge is 2.27. The first-order valence-corrected chi connectivity index (χ1v) is 11.9. The molecule has 0 fully saturated rings. The second kappa shape index (κ2) is 11.6. The van der Waals surface area contributed by atoms with Crippen LogP contribution in [0, 0.1) is 5.82 Å². The molecule has 0 saturated heterocycles. The number of nitrogens with one attached hydrogen (secondary N) is 2. The lowest BCUT2D eigenvalue weighted by Crippen LogP contribution is -2.50. The standard InChI is InChI=1S/C18H30FN3O3S2/c1-5-22(6-2)14(3)13-20-18(23)16(11-12-26-4)21-27(24,25)17-10-8-7-9-15(17)19/h7-10,14,16,21H,5-6,11-13H2,1-4H3,(H,20,23). The molecule has 2 unspecified atom stereocenters. The topological polar surface area (TPSA) is 78.5 Å². The van der Waals surface area contributed by atoms with E-state index in [9.17, 15) is 17.6 Å². The fourth-order valence-corrected chi connectivity index (χ4v) is 4.52. The Morgan fingerprint density at radius 3 is 2.44 bits per heavy atom. The van der Waals surface area contributed by atoms with E-state index in [0.29, 0.717) is 18.7 Å². The lowest BCUT2D eigenvalue weighted by molar-refractivity contribution is -0.123. The second-order valence-electron chi connectivity index (χ2n) is 6.20. The molecule has 0 spiro atoms. The second-order valence-corrected chi connectivity index (χ2v) is 8.87. The summed E-state index contributed by atoms with van der Waals surface area (Å²) in [5, 5.41) is 2.82. The quantitative estimate of drug-likeness (QED) is 0.542. The SMILES string of the molecule is CCN(CC)C(C)CNC(=O)C(CCSC)NS(=O)(=O)c1ccccc1F. The van der Waals surface area contributed by atoms with Crippen molar-refractivity contribution in [2.24, 2.45) is 0 Å². The molecular formula is C18H30FN3O3S2. The van der Waals surface area contributed by atoms with Crippen LogP contribution >= 0.6 is 11.8 Å².